The molecule has 92 valence electrons. The van der Waals surface area contributed by atoms with Crippen LogP contribution in [0.1, 0.15) is 12.0 Å². The maximum atomic E-state index is 10.9. The molecule has 6 heteroatoms. The van der Waals surface area contributed by atoms with E-state index in [1.807, 2.05) is 0 Å². The highest BCUT2D eigenvalue weighted by atomic mass is 35.5. The van der Waals surface area contributed by atoms with Crippen LogP contribution in [0.25, 0.3) is 0 Å². The van der Waals surface area contributed by atoms with E-state index in [9.17, 15) is 10.1 Å². The van der Waals surface area contributed by atoms with Gasteiger partial charge in [0, 0.05) is 35.8 Å². The van der Waals surface area contributed by atoms with Gasteiger partial charge < -0.3 is 10.1 Å². The van der Waals surface area contributed by atoms with Gasteiger partial charge in [0.05, 0.1) is 11.5 Å². The molecule has 1 N–H and O–H groups in total. The Morgan fingerprint density at radius 2 is 2.41 bits per heavy atom. The maximum Gasteiger partial charge on any atom is 0.275 e. The second kappa shape index (κ2) is 5.44. The number of halogens is 1. The van der Waals surface area contributed by atoms with Crippen LogP contribution < -0.4 is 5.32 Å². The summed E-state index contributed by atoms with van der Waals surface area (Å²) in [5.74, 6) is 0. The van der Waals surface area contributed by atoms with Gasteiger partial charge in [0.25, 0.3) is 5.69 Å². The number of nitro benzene ring substituents is 1. The summed E-state index contributed by atoms with van der Waals surface area (Å²) in [6.45, 7) is 1.88. The Morgan fingerprint density at radius 1 is 1.59 bits per heavy atom. The highest BCUT2D eigenvalue weighted by Crippen LogP contribution is 2.23. The molecule has 0 aliphatic carbocycles. The van der Waals surface area contributed by atoms with Crippen molar-refractivity contribution >= 4 is 17.3 Å². The Labute approximate surface area is 104 Å². The van der Waals surface area contributed by atoms with E-state index in [1.165, 1.54) is 6.07 Å². The van der Waals surface area contributed by atoms with E-state index in [4.69, 9.17) is 16.3 Å². The van der Waals surface area contributed by atoms with Gasteiger partial charge in [0.2, 0.25) is 0 Å². The molecule has 0 bridgehead atoms. The average Bonchev–Trinajstić information content (AvgIpc) is 2.80. The fraction of sp³-hybridized carbons (Fsp3) is 0.455. The molecule has 1 saturated heterocycles. The van der Waals surface area contributed by atoms with Crippen LogP contribution in [-0.2, 0) is 11.3 Å². The van der Waals surface area contributed by atoms with E-state index in [2.05, 4.69) is 5.32 Å². The standard InChI is InChI=1S/C11H13ClN2O3/c12-9-2-1-8(11(5-9)14(15)16)6-13-10-3-4-17-7-10/h1-2,5,10,13H,3-4,6-7H2. The average molecular weight is 257 g/mol. The first-order chi connectivity index (χ1) is 8.16. The van der Waals surface area contributed by atoms with Gasteiger partial charge in [-0.3, -0.25) is 10.1 Å². The summed E-state index contributed by atoms with van der Waals surface area (Å²) in [5, 5.41) is 14.5. The Morgan fingerprint density at radius 3 is 3.06 bits per heavy atom. The number of hydrogen-bond donors (Lipinski definition) is 1. The number of benzene rings is 1. The van der Waals surface area contributed by atoms with Gasteiger partial charge >= 0.3 is 0 Å². The van der Waals surface area contributed by atoms with Gasteiger partial charge in [-0.25, -0.2) is 0 Å². The third kappa shape index (κ3) is 3.15. The molecule has 5 nitrogen and oxygen atoms in total. The van der Waals surface area contributed by atoms with Crippen molar-refractivity contribution < 1.29 is 9.66 Å². The second-order valence-corrected chi connectivity index (χ2v) is 4.41. The second-order valence-electron chi connectivity index (χ2n) is 3.97. The minimum Gasteiger partial charge on any atom is -0.380 e. The molecule has 1 heterocycles. The third-order valence-corrected chi connectivity index (χ3v) is 2.99. The summed E-state index contributed by atoms with van der Waals surface area (Å²) >= 11 is 5.74. The smallest absolute Gasteiger partial charge is 0.275 e. The molecule has 1 aromatic rings. The number of nitrogens with one attached hydrogen (secondary N) is 1. The van der Waals surface area contributed by atoms with E-state index < -0.39 is 4.92 Å². The zero-order valence-electron chi connectivity index (χ0n) is 9.19. The first kappa shape index (κ1) is 12.3. The SMILES string of the molecule is O=[N+]([O-])c1cc(Cl)ccc1CNC1CCOC1. The first-order valence-corrected chi connectivity index (χ1v) is 5.78. The van der Waals surface area contributed by atoms with E-state index in [1.54, 1.807) is 12.1 Å². The summed E-state index contributed by atoms with van der Waals surface area (Å²) in [4.78, 5) is 10.5. The van der Waals surface area contributed by atoms with Crippen LogP contribution in [-0.4, -0.2) is 24.2 Å². The molecule has 2 rings (SSSR count). The minimum atomic E-state index is -0.409. The lowest BCUT2D eigenvalue weighted by atomic mass is 10.1. The number of rotatable bonds is 4. The first-order valence-electron chi connectivity index (χ1n) is 5.41. The molecule has 1 aromatic carbocycles. The molecule has 1 atom stereocenters. The fourth-order valence-corrected chi connectivity index (χ4v) is 1.97. The van der Waals surface area contributed by atoms with Crippen LogP contribution in [0.4, 0.5) is 5.69 Å². The molecule has 1 fully saturated rings. The summed E-state index contributed by atoms with van der Waals surface area (Å²) in [6, 6.07) is 5.01. The number of ether oxygens (including phenoxy) is 1. The molecule has 1 aliphatic heterocycles. The van der Waals surface area contributed by atoms with Gasteiger partial charge in [-0.15, -0.1) is 0 Å². The third-order valence-electron chi connectivity index (χ3n) is 2.75. The molecule has 0 saturated carbocycles. The fourth-order valence-electron chi connectivity index (χ4n) is 1.81. The van der Waals surface area contributed by atoms with Gasteiger partial charge in [0.1, 0.15) is 0 Å². The monoisotopic (exact) mass is 256 g/mol. The van der Waals surface area contributed by atoms with Crippen molar-refractivity contribution in [3.05, 3.63) is 38.9 Å². The topological polar surface area (TPSA) is 64.4 Å². The van der Waals surface area contributed by atoms with Crippen LogP contribution >= 0.6 is 11.6 Å². The molecule has 1 aliphatic rings. The van der Waals surface area contributed by atoms with Crippen molar-refractivity contribution in [1.29, 1.82) is 0 Å². The van der Waals surface area contributed by atoms with Crippen molar-refractivity contribution in [2.75, 3.05) is 13.2 Å². The Kier molecular flexibility index (Phi) is 3.93. The summed E-state index contributed by atoms with van der Waals surface area (Å²) in [6.07, 6.45) is 0.946. The molecular formula is C11H13ClN2O3. The maximum absolute atomic E-state index is 10.9. The predicted molar refractivity (Wildman–Crippen MR) is 64.2 cm³/mol. The van der Waals surface area contributed by atoms with E-state index in [0.29, 0.717) is 23.7 Å². The highest BCUT2D eigenvalue weighted by Gasteiger charge is 2.18. The predicted octanol–water partition coefficient (Wildman–Crippen LogP) is 2.13. The van der Waals surface area contributed by atoms with E-state index in [0.717, 1.165) is 13.0 Å². The number of nitrogens with zero attached hydrogens (tertiary/aromatic N) is 1. The lowest BCUT2D eigenvalue weighted by Crippen LogP contribution is -2.28. The van der Waals surface area contributed by atoms with Crippen molar-refractivity contribution in [1.82, 2.24) is 5.32 Å². The molecule has 0 aromatic heterocycles. The molecule has 1 unspecified atom stereocenters. The lowest BCUT2D eigenvalue weighted by Gasteiger charge is -2.10. The minimum absolute atomic E-state index is 0.0592. The van der Waals surface area contributed by atoms with Crippen molar-refractivity contribution in [2.45, 2.75) is 19.0 Å². The summed E-state index contributed by atoms with van der Waals surface area (Å²) < 4.78 is 5.22. The summed E-state index contributed by atoms with van der Waals surface area (Å²) in [5.41, 5.74) is 0.704. The molecule has 0 amide bonds. The van der Waals surface area contributed by atoms with Crippen molar-refractivity contribution in [3.8, 4) is 0 Å². The quantitative estimate of drug-likeness (QED) is 0.662. The normalized spacial score (nSPS) is 19.5. The highest BCUT2D eigenvalue weighted by molar-refractivity contribution is 6.30. The van der Waals surface area contributed by atoms with Crippen LogP contribution in [0.3, 0.4) is 0 Å². The van der Waals surface area contributed by atoms with Crippen molar-refractivity contribution in [2.24, 2.45) is 0 Å². The van der Waals surface area contributed by atoms with Crippen LogP contribution in [0.5, 0.6) is 0 Å². The molecule has 17 heavy (non-hydrogen) atoms. The Balaban J connectivity index is 2.06. The van der Waals surface area contributed by atoms with E-state index in [-0.39, 0.29) is 11.7 Å². The van der Waals surface area contributed by atoms with Gasteiger partial charge in [-0.05, 0) is 18.6 Å². The number of nitro groups is 1. The molecule has 0 radical (unpaired) electrons. The Bertz CT molecular complexity index is 419. The van der Waals surface area contributed by atoms with Gasteiger partial charge in [0.15, 0.2) is 0 Å². The molecular weight excluding hydrogens is 244 g/mol. The van der Waals surface area contributed by atoms with Crippen LogP contribution in [0, 0.1) is 10.1 Å². The Hall–Kier alpha value is -1.17. The van der Waals surface area contributed by atoms with Crippen molar-refractivity contribution in [3.63, 3.8) is 0 Å². The largest absolute Gasteiger partial charge is 0.380 e. The van der Waals surface area contributed by atoms with Gasteiger partial charge in [-0.1, -0.05) is 11.6 Å². The van der Waals surface area contributed by atoms with Crippen LogP contribution in [0.15, 0.2) is 18.2 Å². The number of hydrogen-bond acceptors (Lipinski definition) is 4. The van der Waals surface area contributed by atoms with E-state index >= 15 is 0 Å². The zero-order chi connectivity index (χ0) is 12.3. The summed E-state index contributed by atoms with van der Waals surface area (Å²) in [7, 11) is 0. The lowest BCUT2D eigenvalue weighted by molar-refractivity contribution is -0.385. The van der Waals surface area contributed by atoms with Crippen LogP contribution in [0.2, 0.25) is 5.02 Å². The van der Waals surface area contributed by atoms with Gasteiger partial charge in [-0.2, -0.15) is 0 Å². The zero-order valence-corrected chi connectivity index (χ0v) is 9.94. The molecule has 0 spiro atoms.